The largest absolute Gasteiger partial charge is 0.341 e. The van der Waals surface area contributed by atoms with Gasteiger partial charge in [0.05, 0.1) is 10.6 Å². The second-order valence-corrected chi connectivity index (χ2v) is 7.78. The standard InChI is InChI=1S/C19H28ClN3O2/c1-13(2)10-23-8-7-15(12-23)11-22(4)19(25)17-6-5-16(9-18(17)20)21-14(3)24/h5-6,9,13,15H,7-8,10-12H2,1-4H3,(H,21,24). The molecule has 1 aliphatic rings. The maximum Gasteiger partial charge on any atom is 0.255 e. The number of rotatable bonds is 6. The first-order chi connectivity index (χ1) is 11.8. The zero-order valence-electron chi connectivity index (χ0n) is 15.5. The van der Waals surface area contributed by atoms with Gasteiger partial charge >= 0.3 is 0 Å². The first-order valence-corrected chi connectivity index (χ1v) is 9.19. The van der Waals surface area contributed by atoms with Gasteiger partial charge in [0.25, 0.3) is 5.91 Å². The van der Waals surface area contributed by atoms with Crippen molar-refractivity contribution in [2.45, 2.75) is 27.2 Å². The molecular formula is C19H28ClN3O2. The van der Waals surface area contributed by atoms with Crippen molar-refractivity contribution in [3.8, 4) is 0 Å². The van der Waals surface area contributed by atoms with E-state index in [-0.39, 0.29) is 11.8 Å². The molecule has 25 heavy (non-hydrogen) atoms. The number of likely N-dealkylation sites (tertiary alicyclic amines) is 1. The van der Waals surface area contributed by atoms with Crippen LogP contribution in [0.1, 0.15) is 37.6 Å². The zero-order valence-corrected chi connectivity index (χ0v) is 16.3. The number of nitrogens with zero attached hydrogens (tertiary/aromatic N) is 2. The quantitative estimate of drug-likeness (QED) is 0.841. The van der Waals surface area contributed by atoms with Crippen molar-refractivity contribution in [1.82, 2.24) is 9.80 Å². The minimum atomic E-state index is -0.167. The first kappa shape index (κ1) is 19.7. The van der Waals surface area contributed by atoms with Gasteiger partial charge in [-0.2, -0.15) is 0 Å². The van der Waals surface area contributed by atoms with Crippen LogP contribution in [0.25, 0.3) is 0 Å². The summed E-state index contributed by atoms with van der Waals surface area (Å²) < 4.78 is 0. The maximum absolute atomic E-state index is 12.7. The Balaban J connectivity index is 1.95. The number of halogens is 1. The highest BCUT2D eigenvalue weighted by atomic mass is 35.5. The van der Waals surface area contributed by atoms with Gasteiger partial charge < -0.3 is 15.1 Å². The smallest absolute Gasteiger partial charge is 0.255 e. The highest BCUT2D eigenvalue weighted by molar-refractivity contribution is 6.34. The van der Waals surface area contributed by atoms with E-state index in [1.807, 2.05) is 7.05 Å². The molecule has 5 nitrogen and oxygen atoms in total. The molecule has 0 saturated carbocycles. The fraction of sp³-hybridized carbons (Fsp3) is 0.579. The Labute approximate surface area is 155 Å². The minimum Gasteiger partial charge on any atom is -0.341 e. The Bertz CT molecular complexity index is 633. The molecule has 1 heterocycles. The summed E-state index contributed by atoms with van der Waals surface area (Å²) in [5, 5.41) is 3.02. The van der Waals surface area contributed by atoms with E-state index in [9.17, 15) is 9.59 Å². The van der Waals surface area contributed by atoms with E-state index >= 15 is 0 Å². The van der Waals surface area contributed by atoms with Crippen molar-refractivity contribution >= 4 is 29.1 Å². The van der Waals surface area contributed by atoms with Gasteiger partial charge in [-0.25, -0.2) is 0 Å². The highest BCUT2D eigenvalue weighted by Gasteiger charge is 2.26. The second kappa shape index (κ2) is 8.68. The van der Waals surface area contributed by atoms with Crippen molar-refractivity contribution in [1.29, 1.82) is 0 Å². The second-order valence-electron chi connectivity index (χ2n) is 7.37. The maximum atomic E-state index is 12.7. The number of carbonyl (C=O) groups excluding carboxylic acids is 2. The summed E-state index contributed by atoms with van der Waals surface area (Å²) in [5.41, 5.74) is 1.06. The van der Waals surface area contributed by atoms with Crippen LogP contribution >= 0.6 is 11.6 Å². The Morgan fingerprint density at radius 2 is 2.12 bits per heavy atom. The number of carbonyl (C=O) groups is 2. The Morgan fingerprint density at radius 3 is 2.72 bits per heavy atom. The van der Waals surface area contributed by atoms with Crippen LogP contribution in [-0.4, -0.2) is 54.8 Å². The molecule has 1 aromatic carbocycles. The number of anilines is 1. The summed E-state index contributed by atoms with van der Waals surface area (Å²) in [5.74, 6) is 0.922. The molecule has 1 atom stereocenters. The van der Waals surface area contributed by atoms with E-state index in [0.29, 0.717) is 28.1 Å². The average Bonchev–Trinajstić information content (AvgIpc) is 2.92. The fourth-order valence-electron chi connectivity index (χ4n) is 3.39. The molecular weight excluding hydrogens is 338 g/mol. The van der Waals surface area contributed by atoms with Crippen molar-refractivity contribution in [2.24, 2.45) is 11.8 Å². The molecule has 0 bridgehead atoms. The number of benzene rings is 1. The SMILES string of the molecule is CC(=O)Nc1ccc(C(=O)N(C)CC2CCN(CC(C)C)C2)c(Cl)c1. The lowest BCUT2D eigenvalue weighted by Gasteiger charge is -2.23. The third-order valence-corrected chi connectivity index (χ3v) is 4.70. The van der Waals surface area contributed by atoms with Gasteiger partial charge in [-0.3, -0.25) is 9.59 Å². The molecule has 2 amide bonds. The summed E-state index contributed by atoms with van der Waals surface area (Å²) in [4.78, 5) is 28.0. The van der Waals surface area contributed by atoms with Crippen LogP contribution in [0.4, 0.5) is 5.69 Å². The summed E-state index contributed by atoms with van der Waals surface area (Å²) in [6.07, 6.45) is 1.12. The lowest BCUT2D eigenvalue weighted by atomic mass is 10.1. The molecule has 1 aromatic rings. The van der Waals surface area contributed by atoms with Crippen LogP contribution in [0.2, 0.25) is 5.02 Å². The number of nitrogens with one attached hydrogen (secondary N) is 1. The zero-order chi connectivity index (χ0) is 18.6. The van der Waals surface area contributed by atoms with Crippen molar-refractivity contribution in [3.05, 3.63) is 28.8 Å². The van der Waals surface area contributed by atoms with Gasteiger partial charge in [-0.15, -0.1) is 0 Å². The Kier molecular flexibility index (Phi) is 6.85. The fourth-order valence-corrected chi connectivity index (χ4v) is 3.65. The third-order valence-electron chi connectivity index (χ3n) is 4.39. The molecule has 1 fully saturated rings. The minimum absolute atomic E-state index is 0.0818. The first-order valence-electron chi connectivity index (χ1n) is 8.81. The van der Waals surface area contributed by atoms with Gasteiger partial charge in [0.2, 0.25) is 5.91 Å². The topological polar surface area (TPSA) is 52.7 Å². The normalized spacial score (nSPS) is 17.8. The molecule has 6 heteroatoms. The monoisotopic (exact) mass is 365 g/mol. The van der Waals surface area contributed by atoms with Crippen LogP contribution in [0.3, 0.4) is 0 Å². The van der Waals surface area contributed by atoms with E-state index in [4.69, 9.17) is 11.6 Å². The van der Waals surface area contributed by atoms with E-state index < -0.39 is 0 Å². The Morgan fingerprint density at radius 1 is 1.40 bits per heavy atom. The molecule has 0 spiro atoms. The molecule has 0 radical (unpaired) electrons. The van der Waals surface area contributed by atoms with E-state index in [0.717, 1.165) is 32.6 Å². The number of hydrogen-bond acceptors (Lipinski definition) is 3. The Hall–Kier alpha value is -1.59. The molecule has 1 aliphatic heterocycles. The van der Waals surface area contributed by atoms with Crippen LogP contribution in [0, 0.1) is 11.8 Å². The predicted octanol–water partition coefficient (Wildman–Crippen LogP) is 3.35. The van der Waals surface area contributed by atoms with E-state index in [1.165, 1.54) is 6.92 Å². The lowest BCUT2D eigenvalue weighted by molar-refractivity contribution is -0.114. The van der Waals surface area contributed by atoms with Crippen molar-refractivity contribution in [2.75, 3.05) is 38.5 Å². The molecule has 0 aliphatic carbocycles. The van der Waals surface area contributed by atoms with Crippen molar-refractivity contribution < 1.29 is 9.59 Å². The molecule has 1 unspecified atom stereocenters. The van der Waals surface area contributed by atoms with E-state index in [1.54, 1.807) is 23.1 Å². The van der Waals surface area contributed by atoms with Gasteiger partial charge in [0.1, 0.15) is 0 Å². The third kappa shape index (κ3) is 5.72. The lowest BCUT2D eigenvalue weighted by Crippen LogP contribution is -2.33. The molecule has 0 aromatic heterocycles. The molecule has 1 saturated heterocycles. The van der Waals surface area contributed by atoms with Crippen LogP contribution < -0.4 is 5.32 Å². The molecule has 138 valence electrons. The van der Waals surface area contributed by atoms with E-state index in [2.05, 4.69) is 24.1 Å². The van der Waals surface area contributed by atoms with Crippen LogP contribution in [-0.2, 0) is 4.79 Å². The summed E-state index contributed by atoms with van der Waals surface area (Å²) in [6.45, 7) is 9.90. The summed E-state index contributed by atoms with van der Waals surface area (Å²) in [7, 11) is 1.82. The summed E-state index contributed by atoms with van der Waals surface area (Å²) >= 11 is 6.24. The number of amides is 2. The molecule has 2 rings (SSSR count). The van der Waals surface area contributed by atoms with Gasteiger partial charge in [-0.1, -0.05) is 25.4 Å². The number of hydrogen-bond donors (Lipinski definition) is 1. The average molecular weight is 366 g/mol. The van der Waals surface area contributed by atoms with Gasteiger partial charge in [0.15, 0.2) is 0 Å². The van der Waals surface area contributed by atoms with Gasteiger partial charge in [0, 0.05) is 39.3 Å². The van der Waals surface area contributed by atoms with Crippen molar-refractivity contribution in [3.63, 3.8) is 0 Å². The molecule has 1 N–H and O–H groups in total. The van der Waals surface area contributed by atoms with Crippen LogP contribution in [0.15, 0.2) is 18.2 Å². The summed E-state index contributed by atoms with van der Waals surface area (Å²) in [6, 6.07) is 4.99. The highest BCUT2D eigenvalue weighted by Crippen LogP contribution is 2.24. The predicted molar refractivity (Wildman–Crippen MR) is 102 cm³/mol. The van der Waals surface area contributed by atoms with Crippen LogP contribution in [0.5, 0.6) is 0 Å². The van der Waals surface area contributed by atoms with Gasteiger partial charge in [-0.05, 0) is 43.0 Å².